The number of hydrogen-bond acceptors (Lipinski definition) is 2. The minimum Gasteiger partial charge on any atom is -0.455 e. The van der Waals surface area contributed by atoms with Crippen LogP contribution in [0.5, 0.6) is 0 Å². The maximum atomic E-state index is 6.92. The Kier molecular flexibility index (Phi) is 5.51. The summed E-state index contributed by atoms with van der Waals surface area (Å²) in [5.41, 5.74) is 6.90. The van der Waals surface area contributed by atoms with Crippen molar-refractivity contribution in [2.75, 3.05) is 0 Å². The number of fused-ring (bicyclic) bond motifs is 8. The van der Waals surface area contributed by atoms with Gasteiger partial charge in [0.2, 0.25) is 0 Å². The summed E-state index contributed by atoms with van der Waals surface area (Å²) in [6.07, 6.45) is 0. The fourth-order valence-corrected chi connectivity index (χ4v) is 8.78. The summed E-state index contributed by atoms with van der Waals surface area (Å²) in [4.78, 5) is 0. The van der Waals surface area contributed by atoms with Crippen molar-refractivity contribution < 1.29 is 4.42 Å². The SMILES string of the molecule is c1ccc(-c2oc3ccc4c5ccccc5sc4c3c2-c2c3ccccc3c(-c3cccc4ccccc34)c3ccccc23)cc1. The third-order valence-electron chi connectivity index (χ3n) is 9.47. The molecule has 10 rings (SSSR count). The monoisotopic (exact) mass is 602 g/mol. The summed E-state index contributed by atoms with van der Waals surface area (Å²) in [5.74, 6) is 0.911. The molecule has 1 nitrogen and oxygen atoms in total. The molecular formula is C44H26OS. The van der Waals surface area contributed by atoms with Crippen LogP contribution < -0.4 is 0 Å². The standard InChI is InChI=1S/C44H26OS/c1-2-14-28(15-3-1)43-42(41-37(45-43)26-25-36-30-18-10-11-24-38(30)46-44(36)41)40-34-21-8-6-19-32(34)39(33-20-7-9-22-35(33)40)31-23-12-16-27-13-4-5-17-29(27)31/h1-26H. The molecule has 0 spiro atoms. The lowest BCUT2D eigenvalue weighted by molar-refractivity contribution is 0.633. The van der Waals surface area contributed by atoms with E-state index in [0.29, 0.717) is 0 Å². The van der Waals surface area contributed by atoms with Gasteiger partial charge in [-0.2, -0.15) is 0 Å². The number of hydrogen-bond donors (Lipinski definition) is 0. The zero-order valence-electron chi connectivity index (χ0n) is 24.8. The lowest BCUT2D eigenvalue weighted by Gasteiger charge is -2.19. The van der Waals surface area contributed by atoms with Crippen molar-refractivity contribution in [1.29, 1.82) is 0 Å². The van der Waals surface area contributed by atoms with Gasteiger partial charge in [-0.3, -0.25) is 0 Å². The van der Waals surface area contributed by atoms with E-state index in [1.54, 1.807) is 0 Å². The molecule has 0 saturated carbocycles. The third kappa shape index (κ3) is 3.62. The van der Waals surface area contributed by atoms with Crippen LogP contribution in [-0.4, -0.2) is 0 Å². The van der Waals surface area contributed by atoms with Crippen molar-refractivity contribution in [3.63, 3.8) is 0 Å². The van der Waals surface area contributed by atoms with E-state index in [0.717, 1.165) is 22.5 Å². The van der Waals surface area contributed by atoms with Crippen LogP contribution in [0.25, 0.3) is 97.0 Å². The zero-order chi connectivity index (χ0) is 30.2. The molecule has 214 valence electrons. The van der Waals surface area contributed by atoms with Gasteiger partial charge < -0.3 is 4.42 Å². The van der Waals surface area contributed by atoms with Crippen LogP contribution >= 0.6 is 11.3 Å². The summed E-state index contributed by atoms with van der Waals surface area (Å²) in [6, 6.07) is 57.0. The van der Waals surface area contributed by atoms with E-state index in [2.05, 4.69) is 158 Å². The molecule has 0 atom stereocenters. The normalized spacial score (nSPS) is 11.9. The highest BCUT2D eigenvalue weighted by Crippen LogP contribution is 2.52. The molecule has 0 unspecified atom stereocenters. The quantitative estimate of drug-likeness (QED) is 0.183. The highest BCUT2D eigenvalue weighted by Gasteiger charge is 2.26. The molecule has 2 heteroatoms. The number of rotatable bonds is 3. The molecule has 2 heterocycles. The Morgan fingerprint density at radius 1 is 0.391 bits per heavy atom. The second-order valence-electron chi connectivity index (χ2n) is 12.0. The summed E-state index contributed by atoms with van der Waals surface area (Å²) < 4.78 is 9.48. The van der Waals surface area contributed by atoms with Crippen LogP contribution in [0.3, 0.4) is 0 Å². The maximum Gasteiger partial charge on any atom is 0.143 e. The van der Waals surface area contributed by atoms with Crippen molar-refractivity contribution in [2.24, 2.45) is 0 Å². The van der Waals surface area contributed by atoms with Gasteiger partial charge in [0.25, 0.3) is 0 Å². The van der Waals surface area contributed by atoms with E-state index in [1.807, 2.05) is 11.3 Å². The first-order valence-corrected chi connectivity index (χ1v) is 16.5. The molecule has 0 aliphatic heterocycles. The van der Waals surface area contributed by atoms with Crippen molar-refractivity contribution in [3.05, 3.63) is 158 Å². The minimum atomic E-state index is 0.911. The van der Waals surface area contributed by atoms with Crippen LogP contribution in [0, 0.1) is 0 Å². The molecule has 0 saturated heterocycles. The Morgan fingerprint density at radius 2 is 0.978 bits per heavy atom. The second-order valence-corrected chi connectivity index (χ2v) is 13.0. The molecule has 0 aliphatic rings. The van der Waals surface area contributed by atoms with Gasteiger partial charge in [0.15, 0.2) is 0 Å². The predicted octanol–water partition coefficient (Wildman–Crippen LogP) is 13.3. The van der Waals surface area contributed by atoms with Crippen LogP contribution in [0.4, 0.5) is 0 Å². The van der Waals surface area contributed by atoms with Gasteiger partial charge in [0.05, 0.1) is 0 Å². The highest BCUT2D eigenvalue weighted by molar-refractivity contribution is 7.26. The Labute approximate surface area is 269 Å². The van der Waals surface area contributed by atoms with Gasteiger partial charge in [0.1, 0.15) is 11.3 Å². The molecule has 2 aromatic heterocycles. The first-order valence-electron chi connectivity index (χ1n) is 15.7. The van der Waals surface area contributed by atoms with Crippen molar-refractivity contribution in [2.45, 2.75) is 0 Å². The van der Waals surface area contributed by atoms with Gasteiger partial charge in [-0.1, -0.05) is 140 Å². The first-order chi connectivity index (χ1) is 22.8. The lowest BCUT2D eigenvalue weighted by Crippen LogP contribution is -1.92. The molecule has 0 radical (unpaired) electrons. The fourth-order valence-electron chi connectivity index (χ4n) is 7.53. The van der Waals surface area contributed by atoms with E-state index in [4.69, 9.17) is 4.42 Å². The summed E-state index contributed by atoms with van der Waals surface area (Å²) >= 11 is 1.86. The van der Waals surface area contributed by atoms with Crippen molar-refractivity contribution in [3.8, 4) is 33.6 Å². The third-order valence-corrected chi connectivity index (χ3v) is 10.7. The Balaban J connectivity index is 1.43. The Hall–Kier alpha value is -5.70. The van der Waals surface area contributed by atoms with Crippen molar-refractivity contribution >= 4 is 74.8 Å². The van der Waals surface area contributed by atoms with Crippen LogP contribution in [0.1, 0.15) is 0 Å². The molecule has 0 fully saturated rings. The number of thiophene rings is 1. The first kappa shape index (κ1) is 25.6. The zero-order valence-corrected chi connectivity index (χ0v) is 25.6. The molecule has 8 aromatic carbocycles. The summed E-state index contributed by atoms with van der Waals surface area (Å²) in [5, 5.41) is 11.2. The molecular weight excluding hydrogens is 577 g/mol. The summed E-state index contributed by atoms with van der Waals surface area (Å²) in [6.45, 7) is 0. The average Bonchev–Trinajstić information content (AvgIpc) is 3.70. The van der Waals surface area contributed by atoms with Gasteiger partial charge in [-0.05, 0) is 61.6 Å². The Bertz CT molecular complexity index is 2740. The van der Waals surface area contributed by atoms with Crippen LogP contribution in [0.2, 0.25) is 0 Å². The van der Waals surface area contributed by atoms with Crippen LogP contribution in [-0.2, 0) is 0 Å². The van der Waals surface area contributed by atoms with E-state index < -0.39 is 0 Å². The van der Waals surface area contributed by atoms with Gasteiger partial charge in [-0.25, -0.2) is 0 Å². The largest absolute Gasteiger partial charge is 0.455 e. The highest BCUT2D eigenvalue weighted by atomic mass is 32.1. The molecule has 10 aromatic rings. The van der Waals surface area contributed by atoms with E-state index in [-0.39, 0.29) is 0 Å². The predicted molar refractivity (Wildman–Crippen MR) is 198 cm³/mol. The molecule has 46 heavy (non-hydrogen) atoms. The molecule has 0 N–H and O–H groups in total. The Morgan fingerprint density at radius 3 is 1.72 bits per heavy atom. The number of benzene rings is 8. The van der Waals surface area contributed by atoms with Gasteiger partial charge >= 0.3 is 0 Å². The van der Waals surface area contributed by atoms with Gasteiger partial charge in [0, 0.05) is 42.2 Å². The van der Waals surface area contributed by atoms with Crippen LogP contribution in [0.15, 0.2) is 162 Å². The molecule has 0 aliphatic carbocycles. The fraction of sp³-hybridized carbons (Fsp3) is 0. The smallest absolute Gasteiger partial charge is 0.143 e. The van der Waals surface area contributed by atoms with Crippen molar-refractivity contribution in [1.82, 2.24) is 0 Å². The van der Waals surface area contributed by atoms with E-state index >= 15 is 0 Å². The lowest BCUT2D eigenvalue weighted by atomic mass is 9.83. The second kappa shape index (κ2) is 9.90. The van der Waals surface area contributed by atoms with E-state index in [9.17, 15) is 0 Å². The minimum absolute atomic E-state index is 0.911. The van der Waals surface area contributed by atoms with Gasteiger partial charge in [-0.15, -0.1) is 11.3 Å². The topological polar surface area (TPSA) is 13.1 Å². The molecule has 0 bridgehead atoms. The maximum absolute atomic E-state index is 6.92. The average molecular weight is 603 g/mol. The molecule has 0 amide bonds. The number of furan rings is 1. The summed E-state index contributed by atoms with van der Waals surface area (Å²) in [7, 11) is 0. The van der Waals surface area contributed by atoms with E-state index in [1.165, 1.54) is 74.6 Å².